The molecule has 0 radical (unpaired) electrons. The Morgan fingerprint density at radius 1 is 0.952 bits per heavy atom. The molecule has 21 heavy (non-hydrogen) atoms. The fourth-order valence-electron chi connectivity index (χ4n) is 3.67. The van der Waals surface area contributed by atoms with E-state index in [9.17, 15) is 8.78 Å². The number of nitrogens with one attached hydrogen (secondary N) is 1. The molecule has 116 valence electrons. The lowest BCUT2D eigenvalue weighted by Crippen LogP contribution is -2.49. The highest BCUT2D eigenvalue weighted by Gasteiger charge is 2.25. The van der Waals surface area contributed by atoms with Gasteiger partial charge in [0.15, 0.2) is 11.6 Å². The van der Waals surface area contributed by atoms with Gasteiger partial charge in [-0.15, -0.1) is 0 Å². The van der Waals surface area contributed by atoms with Gasteiger partial charge in [-0.3, -0.25) is 0 Å². The number of piperidine rings is 1. The zero-order valence-corrected chi connectivity index (χ0v) is 12.5. The average Bonchev–Trinajstić information content (AvgIpc) is 2.51. The molecule has 1 atom stereocenters. The molecule has 1 aromatic carbocycles. The van der Waals surface area contributed by atoms with Crippen molar-refractivity contribution in [1.82, 2.24) is 5.32 Å². The predicted molar refractivity (Wildman–Crippen MR) is 81.6 cm³/mol. The molecule has 0 aromatic heterocycles. The lowest BCUT2D eigenvalue weighted by atomic mass is 9.93. The fourth-order valence-corrected chi connectivity index (χ4v) is 3.67. The van der Waals surface area contributed by atoms with E-state index in [0.29, 0.717) is 17.8 Å². The summed E-state index contributed by atoms with van der Waals surface area (Å²) in [5, 5.41) is 3.73. The van der Waals surface area contributed by atoms with E-state index < -0.39 is 11.6 Å². The van der Waals surface area contributed by atoms with Crippen molar-refractivity contribution in [2.24, 2.45) is 0 Å². The maximum atomic E-state index is 13.9. The van der Waals surface area contributed by atoms with E-state index in [2.05, 4.69) is 5.32 Å². The summed E-state index contributed by atoms with van der Waals surface area (Å²) in [7, 11) is 0. The van der Waals surface area contributed by atoms with Gasteiger partial charge in [-0.25, -0.2) is 8.78 Å². The lowest BCUT2D eigenvalue weighted by molar-refractivity contribution is 0.311. The van der Waals surface area contributed by atoms with E-state index in [4.69, 9.17) is 0 Å². The van der Waals surface area contributed by atoms with Crippen LogP contribution in [0.4, 0.5) is 14.5 Å². The minimum atomic E-state index is -0.755. The van der Waals surface area contributed by atoms with Crippen LogP contribution in [0.5, 0.6) is 0 Å². The van der Waals surface area contributed by atoms with E-state index in [1.165, 1.54) is 38.2 Å². The summed E-state index contributed by atoms with van der Waals surface area (Å²) in [6.07, 6.45) is 8.64. The van der Waals surface area contributed by atoms with Crippen molar-refractivity contribution in [2.75, 3.05) is 18.0 Å². The van der Waals surface area contributed by atoms with Crippen LogP contribution in [0.3, 0.4) is 0 Å². The molecule has 2 fully saturated rings. The normalized spacial score (nSPS) is 24.3. The summed E-state index contributed by atoms with van der Waals surface area (Å²) < 4.78 is 27.3. The Bertz CT molecular complexity index is 472. The topological polar surface area (TPSA) is 15.3 Å². The second-order valence-corrected chi connectivity index (χ2v) is 6.36. The summed E-state index contributed by atoms with van der Waals surface area (Å²) in [5.74, 6) is -1.47. The third-order valence-electron chi connectivity index (χ3n) is 4.77. The second kappa shape index (κ2) is 6.73. The molecule has 1 saturated carbocycles. The molecule has 1 aliphatic heterocycles. The van der Waals surface area contributed by atoms with Crippen molar-refractivity contribution in [3.05, 3.63) is 29.8 Å². The highest BCUT2D eigenvalue weighted by Crippen LogP contribution is 2.26. The Hall–Kier alpha value is -1.16. The van der Waals surface area contributed by atoms with Gasteiger partial charge in [0.25, 0.3) is 0 Å². The monoisotopic (exact) mass is 294 g/mol. The maximum Gasteiger partial charge on any atom is 0.182 e. The first kappa shape index (κ1) is 14.8. The highest BCUT2D eigenvalue weighted by atomic mass is 19.2. The first-order valence-electron chi connectivity index (χ1n) is 8.19. The lowest BCUT2D eigenvalue weighted by Gasteiger charge is -2.37. The van der Waals surface area contributed by atoms with Crippen LogP contribution in [0.15, 0.2) is 18.2 Å². The average molecular weight is 294 g/mol. The smallest absolute Gasteiger partial charge is 0.182 e. The summed E-state index contributed by atoms with van der Waals surface area (Å²) in [5.41, 5.74) is 0.408. The van der Waals surface area contributed by atoms with Crippen LogP contribution in [0.25, 0.3) is 0 Å². The molecule has 1 aliphatic carbocycles. The molecule has 0 amide bonds. The number of hydrogen-bond donors (Lipinski definition) is 1. The Balaban J connectivity index is 1.63. The zero-order valence-electron chi connectivity index (χ0n) is 12.5. The van der Waals surface area contributed by atoms with Crippen LogP contribution in [-0.2, 0) is 0 Å². The molecular formula is C17H24F2N2. The van der Waals surface area contributed by atoms with Gasteiger partial charge in [0, 0.05) is 25.2 Å². The largest absolute Gasteiger partial charge is 0.368 e. The van der Waals surface area contributed by atoms with Crippen LogP contribution >= 0.6 is 0 Å². The number of rotatable bonds is 3. The van der Waals surface area contributed by atoms with Crippen LogP contribution in [0.1, 0.15) is 44.9 Å². The number of anilines is 1. The van der Waals surface area contributed by atoms with Crippen molar-refractivity contribution < 1.29 is 8.78 Å². The van der Waals surface area contributed by atoms with Crippen molar-refractivity contribution >= 4 is 5.69 Å². The molecule has 0 bridgehead atoms. The molecule has 1 aromatic rings. The standard InChI is InChI=1S/C17H24F2N2/c18-15-9-4-10-16(17(15)19)21-11-5-8-14(12-21)20-13-6-2-1-3-7-13/h4,9-10,13-14,20H,1-3,5-8,11-12H2. The van der Waals surface area contributed by atoms with Gasteiger partial charge >= 0.3 is 0 Å². The van der Waals surface area contributed by atoms with E-state index in [-0.39, 0.29) is 0 Å². The Morgan fingerprint density at radius 3 is 2.52 bits per heavy atom. The van der Waals surface area contributed by atoms with Crippen LogP contribution < -0.4 is 10.2 Å². The van der Waals surface area contributed by atoms with Crippen LogP contribution in [-0.4, -0.2) is 25.2 Å². The minimum absolute atomic E-state index is 0.393. The van der Waals surface area contributed by atoms with Gasteiger partial charge < -0.3 is 10.2 Å². The highest BCUT2D eigenvalue weighted by molar-refractivity contribution is 5.48. The molecule has 1 N–H and O–H groups in total. The molecule has 0 spiro atoms. The van der Waals surface area contributed by atoms with E-state index in [1.807, 2.05) is 4.90 Å². The number of nitrogens with zero attached hydrogens (tertiary/aromatic N) is 1. The fraction of sp³-hybridized carbons (Fsp3) is 0.647. The number of benzene rings is 1. The van der Waals surface area contributed by atoms with Gasteiger partial charge in [0.2, 0.25) is 0 Å². The Kier molecular flexibility index (Phi) is 4.73. The Morgan fingerprint density at radius 2 is 1.71 bits per heavy atom. The van der Waals surface area contributed by atoms with Crippen molar-refractivity contribution in [3.63, 3.8) is 0 Å². The molecule has 2 aliphatic rings. The zero-order chi connectivity index (χ0) is 14.7. The SMILES string of the molecule is Fc1cccc(N2CCCC(NC3CCCCC3)C2)c1F. The van der Waals surface area contributed by atoms with Crippen LogP contribution in [0, 0.1) is 11.6 Å². The number of hydrogen-bond acceptors (Lipinski definition) is 2. The first-order chi connectivity index (χ1) is 10.2. The second-order valence-electron chi connectivity index (χ2n) is 6.36. The Labute approximate surface area is 125 Å². The third-order valence-corrected chi connectivity index (χ3v) is 4.77. The molecule has 1 unspecified atom stereocenters. The van der Waals surface area contributed by atoms with Gasteiger partial charge in [-0.05, 0) is 37.8 Å². The van der Waals surface area contributed by atoms with E-state index in [1.54, 1.807) is 12.1 Å². The molecule has 4 heteroatoms. The first-order valence-corrected chi connectivity index (χ1v) is 8.19. The van der Waals surface area contributed by atoms with Gasteiger partial charge in [0.05, 0.1) is 5.69 Å². The predicted octanol–water partition coefficient (Wildman–Crippen LogP) is 3.86. The van der Waals surface area contributed by atoms with Crippen molar-refractivity contribution in [1.29, 1.82) is 0 Å². The van der Waals surface area contributed by atoms with Gasteiger partial charge in [-0.1, -0.05) is 25.3 Å². The number of halogens is 2. The molecule has 3 rings (SSSR count). The van der Waals surface area contributed by atoms with E-state index >= 15 is 0 Å². The summed E-state index contributed by atoms with van der Waals surface area (Å²) in [6.45, 7) is 1.58. The van der Waals surface area contributed by atoms with E-state index in [0.717, 1.165) is 25.9 Å². The molecule has 1 heterocycles. The summed E-state index contributed by atoms with van der Waals surface area (Å²) in [6, 6.07) is 5.46. The molecule has 2 nitrogen and oxygen atoms in total. The summed E-state index contributed by atoms with van der Waals surface area (Å²) >= 11 is 0. The van der Waals surface area contributed by atoms with Crippen molar-refractivity contribution in [2.45, 2.75) is 57.0 Å². The molecular weight excluding hydrogens is 270 g/mol. The summed E-state index contributed by atoms with van der Waals surface area (Å²) in [4.78, 5) is 1.99. The van der Waals surface area contributed by atoms with Crippen LogP contribution in [0.2, 0.25) is 0 Å². The molecule has 1 saturated heterocycles. The minimum Gasteiger partial charge on any atom is -0.368 e. The van der Waals surface area contributed by atoms with Crippen molar-refractivity contribution in [3.8, 4) is 0 Å². The maximum absolute atomic E-state index is 13.9. The van der Waals surface area contributed by atoms with Gasteiger partial charge in [-0.2, -0.15) is 0 Å². The quantitative estimate of drug-likeness (QED) is 0.910. The third kappa shape index (κ3) is 3.54. The van der Waals surface area contributed by atoms with Gasteiger partial charge in [0.1, 0.15) is 0 Å².